The van der Waals surface area contributed by atoms with Crippen LogP contribution in [0, 0.1) is 0 Å². The van der Waals surface area contributed by atoms with Crippen LogP contribution in [0.5, 0.6) is 0 Å². The fraction of sp³-hybridized carbons (Fsp3) is 0.267. The molecule has 0 radical (unpaired) electrons. The molecule has 0 saturated heterocycles. The molecule has 0 spiro atoms. The Kier molecular flexibility index (Phi) is 4.02. The van der Waals surface area contributed by atoms with Crippen molar-refractivity contribution in [2.45, 2.75) is 26.4 Å². The van der Waals surface area contributed by atoms with E-state index in [0.29, 0.717) is 29.0 Å². The molecule has 2 rings (SSSR count). The third-order valence-corrected chi connectivity index (χ3v) is 2.97. The van der Waals surface area contributed by atoms with E-state index in [1.165, 1.54) is 6.26 Å². The molecule has 0 bridgehead atoms. The Bertz CT molecular complexity index is 572. The SMILES string of the molecule is CCc1occc1C(=O)Nc1ccccc1C(C)O. The maximum absolute atomic E-state index is 12.2. The van der Waals surface area contributed by atoms with Crippen molar-refractivity contribution in [3.63, 3.8) is 0 Å². The second-order valence-corrected chi connectivity index (χ2v) is 4.33. The number of rotatable bonds is 4. The van der Waals surface area contributed by atoms with Gasteiger partial charge in [0, 0.05) is 17.7 Å². The summed E-state index contributed by atoms with van der Waals surface area (Å²) >= 11 is 0. The number of benzene rings is 1. The van der Waals surface area contributed by atoms with Crippen molar-refractivity contribution in [3.8, 4) is 0 Å². The van der Waals surface area contributed by atoms with Gasteiger partial charge in [-0.3, -0.25) is 4.79 Å². The quantitative estimate of drug-likeness (QED) is 0.886. The third kappa shape index (κ3) is 2.85. The van der Waals surface area contributed by atoms with Gasteiger partial charge >= 0.3 is 0 Å². The van der Waals surface area contributed by atoms with Crippen LogP contribution in [0.4, 0.5) is 5.69 Å². The minimum atomic E-state index is -0.633. The molecular weight excluding hydrogens is 242 g/mol. The Morgan fingerprint density at radius 3 is 2.79 bits per heavy atom. The highest BCUT2D eigenvalue weighted by Gasteiger charge is 2.15. The van der Waals surface area contributed by atoms with Crippen LogP contribution >= 0.6 is 0 Å². The number of carbonyl (C=O) groups excluding carboxylic acids is 1. The standard InChI is InChI=1S/C15H17NO3/c1-3-14-12(8-9-19-14)15(18)16-13-7-5-4-6-11(13)10(2)17/h4-10,17H,3H2,1-2H3,(H,16,18). The van der Waals surface area contributed by atoms with E-state index < -0.39 is 6.10 Å². The van der Waals surface area contributed by atoms with E-state index in [1.807, 2.05) is 19.1 Å². The zero-order valence-corrected chi connectivity index (χ0v) is 11.0. The summed E-state index contributed by atoms with van der Waals surface area (Å²) in [5.74, 6) is 0.436. The number of hydrogen-bond donors (Lipinski definition) is 2. The topological polar surface area (TPSA) is 62.5 Å². The largest absolute Gasteiger partial charge is 0.469 e. The van der Waals surface area contributed by atoms with Gasteiger partial charge in [0.25, 0.3) is 5.91 Å². The van der Waals surface area contributed by atoms with E-state index in [0.717, 1.165) is 0 Å². The number of aliphatic hydroxyl groups is 1. The summed E-state index contributed by atoms with van der Waals surface area (Å²) in [6.07, 6.45) is 1.54. The van der Waals surface area contributed by atoms with E-state index in [9.17, 15) is 9.90 Å². The summed E-state index contributed by atoms with van der Waals surface area (Å²) in [7, 11) is 0. The average Bonchev–Trinajstić information content (AvgIpc) is 2.87. The molecule has 1 aromatic carbocycles. The maximum atomic E-state index is 12.2. The monoisotopic (exact) mass is 259 g/mol. The normalized spacial score (nSPS) is 12.2. The molecule has 1 amide bonds. The van der Waals surface area contributed by atoms with Gasteiger partial charge in [0.2, 0.25) is 0 Å². The van der Waals surface area contributed by atoms with Crippen LogP contribution in [-0.2, 0) is 6.42 Å². The summed E-state index contributed by atoms with van der Waals surface area (Å²) in [6.45, 7) is 3.60. The molecule has 0 aliphatic heterocycles. The summed E-state index contributed by atoms with van der Waals surface area (Å²) in [6, 6.07) is 8.85. The molecule has 100 valence electrons. The number of anilines is 1. The number of para-hydroxylation sites is 1. The molecule has 1 atom stereocenters. The molecule has 0 aliphatic carbocycles. The zero-order valence-electron chi connectivity index (χ0n) is 11.0. The lowest BCUT2D eigenvalue weighted by molar-refractivity contribution is 0.102. The van der Waals surface area contributed by atoms with E-state index in [-0.39, 0.29) is 5.91 Å². The summed E-state index contributed by atoms with van der Waals surface area (Å²) < 4.78 is 5.24. The van der Waals surface area contributed by atoms with Crippen molar-refractivity contribution in [3.05, 3.63) is 53.5 Å². The summed E-state index contributed by atoms with van der Waals surface area (Å²) in [4.78, 5) is 12.2. The highest BCUT2D eigenvalue weighted by Crippen LogP contribution is 2.23. The van der Waals surface area contributed by atoms with Gasteiger partial charge in [0.05, 0.1) is 17.9 Å². The van der Waals surface area contributed by atoms with E-state index in [1.54, 1.807) is 25.1 Å². The van der Waals surface area contributed by atoms with Crippen molar-refractivity contribution >= 4 is 11.6 Å². The van der Waals surface area contributed by atoms with Crippen LogP contribution in [0.15, 0.2) is 41.0 Å². The minimum absolute atomic E-state index is 0.223. The minimum Gasteiger partial charge on any atom is -0.469 e. The van der Waals surface area contributed by atoms with Crippen molar-refractivity contribution in [2.24, 2.45) is 0 Å². The fourth-order valence-corrected chi connectivity index (χ4v) is 1.98. The molecule has 0 fully saturated rings. The van der Waals surface area contributed by atoms with Crippen LogP contribution in [0.3, 0.4) is 0 Å². The molecular formula is C15H17NO3. The Balaban J connectivity index is 2.24. The fourth-order valence-electron chi connectivity index (χ4n) is 1.98. The smallest absolute Gasteiger partial charge is 0.259 e. The van der Waals surface area contributed by atoms with Crippen LogP contribution in [0.2, 0.25) is 0 Å². The molecule has 1 aromatic heterocycles. The van der Waals surface area contributed by atoms with Crippen LogP contribution in [-0.4, -0.2) is 11.0 Å². The van der Waals surface area contributed by atoms with Gasteiger partial charge in [-0.1, -0.05) is 25.1 Å². The first-order valence-electron chi connectivity index (χ1n) is 6.28. The molecule has 2 N–H and O–H groups in total. The number of aliphatic hydroxyl groups excluding tert-OH is 1. The number of hydrogen-bond acceptors (Lipinski definition) is 3. The molecule has 2 aromatic rings. The van der Waals surface area contributed by atoms with Gasteiger partial charge in [0.15, 0.2) is 0 Å². The van der Waals surface area contributed by atoms with E-state index in [4.69, 9.17) is 4.42 Å². The number of carbonyl (C=O) groups is 1. The Labute approximate surface area is 112 Å². The van der Waals surface area contributed by atoms with Gasteiger partial charge in [-0.25, -0.2) is 0 Å². The van der Waals surface area contributed by atoms with Crippen molar-refractivity contribution in [1.29, 1.82) is 0 Å². The van der Waals surface area contributed by atoms with Crippen LogP contribution in [0.1, 0.15) is 41.6 Å². The molecule has 1 unspecified atom stereocenters. The average molecular weight is 259 g/mol. The predicted molar refractivity (Wildman–Crippen MR) is 73.1 cm³/mol. The van der Waals surface area contributed by atoms with Crippen molar-refractivity contribution < 1.29 is 14.3 Å². The first kappa shape index (κ1) is 13.4. The van der Waals surface area contributed by atoms with E-state index in [2.05, 4.69) is 5.32 Å². The van der Waals surface area contributed by atoms with Crippen LogP contribution in [0.25, 0.3) is 0 Å². The second kappa shape index (κ2) is 5.71. The number of aryl methyl sites for hydroxylation is 1. The van der Waals surface area contributed by atoms with Gasteiger partial charge in [-0.15, -0.1) is 0 Å². The lowest BCUT2D eigenvalue weighted by Crippen LogP contribution is -2.14. The lowest BCUT2D eigenvalue weighted by Gasteiger charge is -2.12. The third-order valence-electron chi connectivity index (χ3n) is 2.97. The van der Waals surface area contributed by atoms with Gasteiger partial charge in [-0.05, 0) is 19.1 Å². The Morgan fingerprint density at radius 2 is 2.11 bits per heavy atom. The zero-order chi connectivity index (χ0) is 13.8. The molecule has 0 aliphatic rings. The van der Waals surface area contributed by atoms with Gasteiger partial charge < -0.3 is 14.8 Å². The lowest BCUT2D eigenvalue weighted by atomic mass is 10.1. The number of furan rings is 1. The van der Waals surface area contributed by atoms with Crippen molar-refractivity contribution in [2.75, 3.05) is 5.32 Å². The van der Waals surface area contributed by atoms with Crippen molar-refractivity contribution in [1.82, 2.24) is 0 Å². The molecule has 19 heavy (non-hydrogen) atoms. The highest BCUT2D eigenvalue weighted by molar-refractivity contribution is 6.05. The molecule has 4 nitrogen and oxygen atoms in total. The van der Waals surface area contributed by atoms with Gasteiger partial charge in [-0.2, -0.15) is 0 Å². The number of nitrogens with one attached hydrogen (secondary N) is 1. The molecule has 0 saturated carbocycles. The van der Waals surface area contributed by atoms with Crippen LogP contribution < -0.4 is 5.32 Å². The first-order valence-corrected chi connectivity index (χ1v) is 6.28. The van der Waals surface area contributed by atoms with Gasteiger partial charge in [0.1, 0.15) is 5.76 Å². The predicted octanol–water partition coefficient (Wildman–Crippen LogP) is 3.15. The highest BCUT2D eigenvalue weighted by atomic mass is 16.3. The molecule has 4 heteroatoms. The summed E-state index contributed by atoms with van der Waals surface area (Å²) in [5.41, 5.74) is 1.84. The Hall–Kier alpha value is -2.07. The Morgan fingerprint density at radius 1 is 1.37 bits per heavy atom. The van der Waals surface area contributed by atoms with E-state index >= 15 is 0 Å². The maximum Gasteiger partial charge on any atom is 0.259 e. The second-order valence-electron chi connectivity index (χ2n) is 4.33. The summed E-state index contributed by atoms with van der Waals surface area (Å²) in [5, 5.41) is 12.5. The number of amides is 1. The first-order chi connectivity index (χ1) is 9.13. The molecule has 1 heterocycles.